The number of benzene rings is 1. The Morgan fingerprint density at radius 2 is 1.65 bits per heavy atom. The molecule has 1 rings (SSSR count). The van der Waals surface area contributed by atoms with Crippen LogP contribution in [0.1, 0.15) is 10.4 Å². The van der Waals surface area contributed by atoms with Gasteiger partial charge in [-0.2, -0.15) is 0 Å². The van der Waals surface area contributed by atoms with Crippen molar-refractivity contribution < 1.29 is 19.0 Å². The number of carbonyl (C=O) groups is 1. The molecule has 1 N–H and O–H groups in total. The van der Waals surface area contributed by atoms with Crippen LogP contribution in [0.5, 0.6) is 17.2 Å². The van der Waals surface area contributed by atoms with Crippen molar-refractivity contribution in [2.45, 2.75) is 0 Å². The summed E-state index contributed by atoms with van der Waals surface area (Å²) < 4.78 is 15.5. The van der Waals surface area contributed by atoms with Gasteiger partial charge in [0, 0.05) is 5.56 Å². The van der Waals surface area contributed by atoms with Crippen LogP contribution in [0.25, 0.3) is 0 Å². The van der Waals surface area contributed by atoms with Crippen molar-refractivity contribution in [3.8, 4) is 17.2 Å². The van der Waals surface area contributed by atoms with Gasteiger partial charge in [0.25, 0.3) is 0 Å². The first-order valence-electron chi connectivity index (χ1n) is 5.15. The van der Waals surface area contributed by atoms with Crippen LogP contribution in [0.15, 0.2) is 12.1 Å². The van der Waals surface area contributed by atoms with Crippen molar-refractivity contribution in [1.82, 2.24) is 5.32 Å². The molecule has 0 aromatic heterocycles. The Balaban J connectivity index is 3.22. The van der Waals surface area contributed by atoms with Crippen LogP contribution in [-0.4, -0.2) is 40.7 Å². The highest BCUT2D eigenvalue weighted by Gasteiger charge is 2.16. The lowest BCUT2D eigenvalue weighted by molar-refractivity contribution is 0.0993. The van der Waals surface area contributed by atoms with Gasteiger partial charge in [-0.05, 0) is 19.2 Å². The fourth-order valence-corrected chi connectivity index (χ4v) is 1.50. The lowest BCUT2D eigenvalue weighted by Gasteiger charge is -2.13. The van der Waals surface area contributed by atoms with Gasteiger partial charge in [0.15, 0.2) is 17.3 Å². The van der Waals surface area contributed by atoms with Crippen LogP contribution in [0.4, 0.5) is 0 Å². The summed E-state index contributed by atoms with van der Waals surface area (Å²) in [5.41, 5.74) is 0.522. The van der Waals surface area contributed by atoms with Crippen molar-refractivity contribution in [2.75, 3.05) is 34.9 Å². The van der Waals surface area contributed by atoms with E-state index in [9.17, 15) is 4.79 Å². The maximum absolute atomic E-state index is 11.8. The van der Waals surface area contributed by atoms with E-state index in [0.717, 1.165) is 0 Å². The van der Waals surface area contributed by atoms with E-state index in [2.05, 4.69) is 5.32 Å². The quantitative estimate of drug-likeness (QED) is 0.754. The van der Waals surface area contributed by atoms with Crippen molar-refractivity contribution in [3.63, 3.8) is 0 Å². The Morgan fingerprint density at radius 3 is 2.00 bits per heavy atom. The van der Waals surface area contributed by atoms with Gasteiger partial charge < -0.3 is 19.5 Å². The van der Waals surface area contributed by atoms with E-state index in [1.807, 2.05) is 0 Å². The zero-order chi connectivity index (χ0) is 12.8. The summed E-state index contributed by atoms with van der Waals surface area (Å²) in [5.74, 6) is 1.40. The SMILES string of the molecule is CNCC(=O)c1cc(OC)c(OC)c(OC)c1. The summed E-state index contributed by atoms with van der Waals surface area (Å²) in [7, 11) is 6.28. The molecule has 0 radical (unpaired) electrons. The third-order valence-corrected chi connectivity index (χ3v) is 2.32. The highest BCUT2D eigenvalue weighted by molar-refractivity contribution is 5.98. The lowest BCUT2D eigenvalue weighted by atomic mass is 10.1. The van der Waals surface area contributed by atoms with Crippen LogP contribution in [0.2, 0.25) is 0 Å². The number of ether oxygens (including phenoxy) is 3. The highest BCUT2D eigenvalue weighted by Crippen LogP contribution is 2.38. The Labute approximate surface area is 101 Å². The number of hydrogen-bond acceptors (Lipinski definition) is 5. The maximum atomic E-state index is 11.8. The first-order valence-corrected chi connectivity index (χ1v) is 5.15. The first-order chi connectivity index (χ1) is 8.17. The smallest absolute Gasteiger partial charge is 0.203 e. The van der Waals surface area contributed by atoms with Crippen LogP contribution >= 0.6 is 0 Å². The molecular formula is C12H17NO4. The molecule has 0 heterocycles. The second-order valence-corrected chi connectivity index (χ2v) is 3.37. The van der Waals surface area contributed by atoms with E-state index >= 15 is 0 Å². The van der Waals surface area contributed by atoms with Crippen molar-refractivity contribution >= 4 is 5.78 Å². The van der Waals surface area contributed by atoms with Crippen LogP contribution in [0, 0.1) is 0 Å². The molecule has 0 aliphatic rings. The zero-order valence-electron chi connectivity index (χ0n) is 10.5. The fraction of sp³-hybridized carbons (Fsp3) is 0.417. The largest absolute Gasteiger partial charge is 0.493 e. The van der Waals surface area contributed by atoms with Gasteiger partial charge in [0.1, 0.15) is 0 Å². The summed E-state index contributed by atoms with van der Waals surface area (Å²) in [6.45, 7) is 0.263. The van der Waals surface area contributed by atoms with E-state index in [1.54, 1.807) is 19.2 Å². The van der Waals surface area contributed by atoms with Crippen molar-refractivity contribution in [1.29, 1.82) is 0 Å². The van der Waals surface area contributed by atoms with Crippen LogP contribution in [-0.2, 0) is 0 Å². The second-order valence-electron chi connectivity index (χ2n) is 3.37. The highest BCUT2D eigenvalue weighted by atomic mass is 16.5. The van der Waals surface area contributed by atoms with Gasteiger partial charge in [-0.1, -0.05) is 0 Å². The van der Waals surface area contributed by atoms with E-state index in [0.29, 0.717) is 22.8 Å². The van der Waals surface area contributed by atoms with Gasteiger partial charge in [-0.15, -0.1) is 0 Å². The Hall–Kier alpha value is -1.75. The van der Waals surface area contributed by atoms with Gasteiger partial charge >= 0.3 is 0 Å². The molecule has 0 saturated heterocycles. The minimum absolute atomic E-state index is 0.0354. The average Bonchev–Trinajstić information content (AvgIpc) is 2.37. The summed E-state index contributed by atoms with van der Waals surface area (Å²) in [6, 6.07) is 3.28. The molecule has 0 atom stereocenters. The first kappa shape index (κ1) is 13.3. The molecule has 0 amide bonds. The molecule has 1 aromatic carbocycles. The number of nitrogens with one attached hydrogen (secondary N) is 1. The standard InChI is InChI=1S/C12H17NO4/c1-13-7-9(14)8-5-10(15-2)12(17-4)11(6-8)16-3/h5-6,13H,7H2,1-4H3. The summed E-state index contributed by atoms with van der Waals surface area (Å²) in [6.07, 6.45) is 0. The van der Waals surface area contributed by atoms with E-state index in [4.69, 9.17) is 14.2 Å². The summed E-state index contributed by atoms with van der Waals surface area (Å²) >= 11 is 0. The summed E-state index contributed by atoms with van der Waals surface area (Å²) in [4.78, 5) is 11.8. The van der Waals surface area contributed by atoms with Crippen molar-refractivity contribution in [3.05, 3.63) is 17.7 Å². The van der Waals surface area contributed by atoms with Gasteiger partial charge in [0.2, 0.25) is 5.75 Å². The number of carbonyl (C=O) groups excluding carboxylic acids is 1. The predicted molar refractivity (Wildman–Crippen MR) is 64.4 cm³/mol. The monoisotopic (exact) mass is 239 g/mol. The van der Waals surface area contributed by atoms with Crippen molar-refractivity contribution in [2.24, 2.45) is 0 Å². The minimum atomic E-state index is -0.0354. The van der Waals surface area contributed by atoms with Crippen LogP contribution < -0.4 is 19.5 Å². The number of hydrogen-bond donors (Lipinski definition) is 1. The third-order valence-electron chi connectivity index (χ3n) is 2.32. The summed E-state index contributed by atoms with van der Waals surface area (Å²) in [5, 5.41) is 2.81. The molecule has 5 heteroatoms. The second kappa shape index (κ2) is 6.10. The molecule has 0 saturated carbocycles. The van der Waals surface area contributed by atoms with E-state index < -0.39 is 0 Å². The average molecular weight is 239 g/mol. The number of ketones is 1. The Kier molecular flexibility index (Phi) is 4.78. The number of Topliss-reactive ketones (excluding diaryl/α,β-unsaturated/α-hetero) is 1. The fourth-order valence-electron chi connectivity index (χ4n) is 1.50. The number of likely N-dealkylation sites (N-methyl/N-ethyl adjacent to an activating group) is 1. The molecule has 0 bridgehead atoms. The maximum Gasteiger partial charge on any atom is 0.203 e. The molecule has 0 aliphatic heterocycles. The lowest BCUT2D eigenvalue weighted by Crippen LogP contribution is -2.18. The Bertz CT molecular complexity index is 378. The van der Waals surface area contributed by atoms with Gasteiger partial charge in [-0.3, -0.25) is 4.79 Å². The minimum Gasteiger partial charge on any atom is -0.493 e. The molecule has 0 spiro atoms. The van der Waals surface area contributed by atoms with E-state index in [-0.39, 0.29) is 12.3 Å². The molecule has 0 unspecified atom stereocenters. The molecular weight excluding hydrogens is 222 g/mol. The van der Waals surface area contributed by atoms with E-state index in [1.165, 1.54) is 21.3 Å². The Morgan fingerprint density at radius 1 is 1.12 bits per heavy atom. The molecule has 0 aliphatic carbocycles. The molecule has 94 valence electrons. The number of methoxy groups -OCH3 is 3. The van der Waals surface area contributed by atoms with Gasteiger partial charge in [-0.25, -0.2) is 0 Å². The number of rotatable bonds is 6. The third kappa shape index (κ3) is 2.88. The zero-order valence-corrected chi connectivity index (χ0v) is 10.5. The molecule has 1 aromatic rings. The molecule has 0 fully saturated rings. The predicted octanol–water partition coefficient (Wildman–Crippen LogP) is 1.11. The van der Waals surface area contributed by atoms with Gasteiger partial charge in [0.05, 0.1) is 27.9 Å². The normalized spacial score (nSPS) is 9.88. The molecule has 5 nitrogen and oxygen atoms in total. The van der Waals surface area contributed by atoms with Crippen LogP contribution in [0.3, 0.4) is 0 Å². The topological polar surface area (TPSA) is 56.8 Å². The molecule has 17 heavy (non-hydrogen) atoms.